The van der Waals surface area contributed by atoms with Crippen LogP contribution in [0.1, 0.15) is 24.0 Å². The predicted molar refractivity (Wildman–Crippen MR) is 126 cm³/mol. The molecule has 2 aromatic heterocycles. The van der Waals surface area contributed by atoms with Crippen molar-refractivity contribution in [1.82, 2.24) is 24.6 Å². The number of nitrogens with zero attached hydrogens (tertiary/aromatic N) is 5. The van der Waals surface area contributed by atoms with Gasteiger partial charge in [-0.15, -0.1) is 0 Å². The monoisotopic (exact) mass is 639 g/mol. The summed E-state index contributed by atoms with van der Waals surface area (Å²) in [5.74, 6) is -8.27. The van der Waals surface area contributed by atoms with E-state index in [4.69, 9.17) is 29.7 Å². The van der Waals surface area contributed by atoms with E-state index < -0.39 is 36.4 Å². The van der Waals surface area contributed by atoms with Gasteiger partial charge in [0.05, 0.1) is 6.20 Å². The highest BCUT2D eigenvalue weighted by atomic mass is 19.4. The van der Waals surface area contributed by atoms with Crippen molar-refractivity contribution >= 4 is 17.9 Å². The number of aryl methyl sites for hydroxylation is 1. The highest BCUT2D eigenvalue weighted by Crippen LogP contribution is 2.33. The van der Waals surface area contributed by atoms with E-state index in [0.29, 0.717) is 12.1 Å². The smallest absolute Gasteiger partial charge is 0.475 e. The van der Waals surface area contributed by atoms with Crippen molar-refractivity contribution in [2.75, 3.05) is 13.1 Å². The number of fused-ring (bicyclic) bond motifs is 1. The molecule has 0 bridgehead atoms. The lowest BCUT2D eigenvalue weighted by molar-refractivity contribution is -0.193. The van der Waals surface area contributed by atoms with Gasteiger partial charge in [0.2, 0.25) is 0 Å². The topological polar surface area (TPSA) is 149 Å². The lowest BCUT2D eigenvalue weighted by Gasteiger charge is -2.25. The van der Waals surface area contributed by atoms with Crippen LogP contribution in [0.5, 0.6) is 0 Å². The molecule has 2 atom stereocenters. The fourth-order valence-electron chi connectivity index (χ4n) is 4.07. The summed E-state index contributed by atoms with van der Waals surface area (Å²) in [6.07, 6.45) is -4.75. The molecule has 2 aromatic rings. The summed E-state index contributed by atoms with van der Waals surface area (Å²) >= 11 is 0. The maximum atomic E-state index is 10.6. The van der Waals surface area contributed by atoms with Crippen LogP contribution >= 0.6 is 0 Å². The van der Waals surface area contributed by atoms with E-state index in [1.807, 2.05) is 30.3 Å². The van der Waals surface area contributed by atoms with Gasteiger partial charge >= 0.3 is 36.4 Å². The summed E-state index contributed by atoms with van der Waals surface area (Å²) in [6.45, 7) is 4.51. The zero-order valence-electron chi connectivity index (χ0n) is 22.1. The number of carboxylic acids is 3. The summed E-state index contributed by atoms with van der Waals surface area (Å²) < 4.78 is 97.1. The van der Waals surface area contributed by atoms with Crippen LogP contribution in [0.25, 0.3) is 0 Å². The van der Waals surface area contributed by atoms with E-state index in [-0.39, 0.29) is 0 Å². The molecule has 2 saturated heterocycles. The molecule has 2 aliphatic heterocycles. The Kier molecular flexibility index (Phi) is 13.4. The first kappa shape index (κ1) is 37.1. The number of aromatic nitrogens is 3. The number of hydrogen-bond acceptors (Lipinski definition) is 7. The molecule has 242 valence electrons. The van der Waals surface area contributed by atoms with E-state index in [2.05, 4.69) is 38.2 Å². The number of hydrogen-bond donors (Lipinski definition) is 3. The summed E-state index contributed by atoms with van der Waals surface area (Å²) in [5, 5.41) is 25.7. The summed E-state index contributed by atoms with van der Waals surface area (Å²) in [7, 11) is 1.99. The van der Waals surface area contributed by atoms with Gasteiger partial charge in [-0.2, -0.15) is 44.6 Å². The van der Waals surface area contributed by atoms with Gasteiger partial charge in [0, 0.05) is 69.5 Å². The predicted octanol–water partition coefficient (Wildman–Crippen LogP) is 3.56. The minimum absolute atomic E-state index is 0.710. The molecule has 0 unspecified atom stereocenters. The normalized spacial score (nSPS) is 18.7. The number of rotatable bonds is 4. The van der Waals surface area contributed by atoms with E-state index in [1.54, 1.807) is 0 Å². The fourth-order valence-corrected chi connectivity index (χ4v) is 4.07. The number of pyridine rings is 1. The van der Waals surface area contributed by atoms with Crippen molar-refractivity contribution in [3.8, 4) is 0 Å². The summed E-state index contributed by atoms with van der Waals surface area (Å²) in [6, 6.07) is 5.69. The average molecular weight is 639 g/mol. The largest absolute Gasteiger partial charge is 0.490 e. The van der Waals surface area contributed by atoms with Gasteiger partial charge in [0.1, 0.15) is 0 Å². The quantitative estimate of drug-likeness (QED) is 0.424. The van der Waals surface area contributed by atoms with Gasteiger partial charge in [0.15, 0.2) is 0 Å². The maximum absolute atomic E-state index is 10.6. The molecule has 0 aromatic carbocycles. The number of carbonyl (C=O) groups is 3. The minimum Gasteiger partial charge on any atom is -0.475 e. The molecule has 4 rings (SSSR count). The number of likely N-dealkylation sites (tertiary alicyclic amines) is 2. The molecular weight excluding hydrogens is 613 g/mol. The first-order valence-electron chi connectivity index (χ1n) is 11.9. The van der Waals surface area contributed by atoms with Crippen LogP contribution in [0.3, 0.4) is 0 Å². The van der Waals surface area contributed by atoms with Crippen LogP contribution in [0.15, 0.2) is 36.9 Å². The average Bonchev–Trinajstić information content (AvgIpc) is 3.58. The lowest BCUT2D eigenvalue weighted by Crippen LogP contribution is -2.35. The Balaban J connectivity index is 0.000000363. The molecule has 3 N–H and O–H groups in total. The molecule has 0 aliphatic carbocycles. The molecule has 20 heteroatoms. The van der Waals surface area contributed by atoms with Crippen molar-refractivity contribution in [2.24, 2.45) is 7.05 Å². The second-order valence-corrected chi connectivity index (χ2v) is 8.94. The van der Waals surface area contributed by atoms with Crippen LogP contribution in [0.2, 0.25) is 0 Å². The Morgan fingerprint density at radius 1 is 0.744 bits per heavy atom. The Labute approximate surface area is 237 Å². The van der Waals surface area contributed by atoms with Gasteiger partial charge in [-0.1, -0.05) is 0 Å². The molecule has 0 spiro atoms. The molecular formula is C23H26F9N5O6. The Hall–Kier alpha value is -3.94. The van der Waals surface area contributed by atoms with Crippen LogP contribution in [0.4, 0.5) is 39.5 Å². The zero-order chi connectivity index (χ0) is 33.2. The number of alkyl halides is 9. The van der Waals surface area contributed by atoms with Gasteiger partial charge in [-0.25, -0.2) is 14.4 Å². The summed E-state index contributed by atoms with van der Waals surface area (Å²) in [5.41, 5.74) is 2.71. The number of carboxylic acid groups (broad SMARTS) is 3. The van der Waals surface area contributed by atoms with Crippen molar-refractivity contribution in [3.05, 3.63) is 48.0 Å². The van der Waals surface area contributed by atoms with E-state index in [9.17, 15) is 39.5 Å². The second kappa shape index (κ2) is 15.5. The van der Waals surface area contributed by atoms with Gasteiger partial charge in [0.25, 0.3) is 0 Å². The van der Waals surface area contributed by atoms with E-state index in [0.717, 1.165) is 13.1 Å². The van der Waals surface area contributed by atoms with Crippen molar-refractivity contribution < 1.29 is 69.2 Å². The van der Waals surface area contributed by atoms with Crippen LogP contribution < -0.4 is 0 Å². The van der Waals surface area contributed by atoms with Gasteiger partial charge < -0.3 is 15.3 Å². The van der Waals surface area contributed by atoms with Crippen molar-refractivity contribution in [2.45, 2.75) is 56.5 Å². The SMILES string of the molecule is Cn1cc(CN2CC[C@@H]3[C@@H]2CCN3Cc2ccncc2)cn1.O=C(O)C(F)(F)F.O=C(O)C(F)(F)F.O=C(O)C(F)(F)F. The number of halogens is 9. The highest BCUT2D eigenvalue weighted by Gasteiger charge is 2.42. The standard InChI is InChI=1S/C17H23N5.3C2HF3O2/c1-20-11-15(10-19-20)13-22-9-5-16-17(22)4-8-21(16)12-14-2-6-18-7-3-14;3*3-2(4,5)1(6)7/h2-3,6-7,10-11,16-17H,4-5,8-9,12-13H2,1H3;3*(H,6,7)/t16-,17+;;;/m1.../s1. The molecule has 4 heterocycles. The van der Waals surface area contributed by atoms with Crippen LogP contribution in [-0.4, -0.2) is 101 Å². The van der Waals surface area contributed by atoms with E-state index >= 15 is 0 Å². The third-order valence-corrected chi connectivity index (χ3v) is 5.81. The first-order chi connectivity index (χ1) is 19.6. The molecule has 0 radical (unpaired) electrons. The Morgan fingerprint density at radius 2 is 1.09 bits per heavy atom. The van der Waals surface area contributed by atoms with Crippen LogP contribution in [0, 0.1) is 0 Å². The molecule has 2 fully saturated rings. The van der Waals surface area contributed by atoms with Crippen molar-refractivity contribution in [1.29, 1.82) is 0 Å². The van der Waals surface area contributed by atoms with Crippen LogP contribution in [-0.2, 0) is 34.5 Å². The lowest BCUT2D eigenvalue weighted by atomic mass is 10.1. The van der Waals surface area contributed by atoms with Gasteiger partial charge in [-0.05, 0) is 30.5 Å². The third-order valence-electron chi connectivity index (χ3n) is 5.81. The highest BCUT2D eigenvalue weighted by molar-refractivity contribution is 5.73. The molecule has 43 heavy (non-hydrogen) atoms. The first-order valence-corrected chi connectivity index (χ1v) is 11.9. The van der Waals surface area contributed by atoms with Gasteiger partial charge in [-0.3, -0.25) is 19.5 Å². The third kappa shape index (κ3) is 13.3. The molecule has 11 nitrogen and oxygen atoms in total. The Bertz CT molecular complexity index is 1130. The Morgan fingerprint density at radius 3 is 1.40 bits per heavy atom. The second-order valence-electron chi connectivity index (χ2n) is 8.94. The van der Waals surface area contributed by atoms with Crippen molar-refractivity contribution in [3.63, 3.8) is 0 Å². The maximum Gasteiger partial charge on any atom is 0.490 e. The summed E-state index contributed by atoms with van der Waals surface area (Å²) in [4.78, 5) is 36.1. The fraction of sp³-hybridized carbons (Fsp3) is 0.522. The number of aliphatic carboxylic acids is 3. The minimum atomic E-state index is -5.08. The molecule has 0 saturated carbocycles. The zero-order valence-corrected chi connectivity index (χ0v) is 22.1. The molecule has 0 amide bonds. The van der Waals surface area contributed by atoms with E-state index in [1.165, 1.54) is 37.1 Å². The molecule has 2 aliphatic rings.